The van der Waals surface area contributed by atoms with Gasteiger partial charge in [0, 0.05) is 43.6 Å². The first-order valence-electron chi connectivity index (χ1n) is 9.74. The number of rotatable bonds is 3. The molecule has 0 spiro atoms. The summed E-state index contributed by atoms with van der Waals surface area (Å²) in [5.74, 6) is -0.176. The summed E-state index contributed by atoms with van der Waals surface area (Å²) in [4.78, 5) is 53.8. The second kappa shape index (κ2) is 7.94. The standard InChI is InChI=1S/C20H23N5O4/c26-17-8-11-24(19(28)22-17)13-18(27)23-9-6-15(7-10-23)25-12-5-14-3-1-2-4-16(14)21-20(25)29/h1-4,8,11,15H,5-7,9-10,12-13H2,(H,21,29)(H,22,26,28). The number of hydrogen-bond acceptors (Lipinski definition) is 4. The van der Waals surface area contributed by atoms with Crippen LogP contribution in [-0.2, 0) is 17.8 Å². The van der Waals surface area contributed by atoms with Crippen LogP contribution in [0.2, 0.25) is 0 Å². The molecule has 2 aliphatic rings. The zero-order valence-electron chi connectivity index (χ0n) is 16.0. The SMILES string of the molecule is O=C(Cn1ccc(=O)[nH]c1=O)N1CCC(N2CCc3ccccc3NC2=O)CC1. The molecular formula is C20H23N5O4. The molecule has 0 bridgehead atoms. The van der Waals surface area contributed by atoms with Crippen LogP contribution in [-0.4, -0.2) is 57.0 Å². The second-order valence-electron chi connectivity index (χ2n) is 7.38. The van der Waals surface area contributed by atoms with Gasteiger partial charge in [0.15, 0.2) is 0 Å². The zero-order chi connectivity index (χ0) is 20.4. The number of hydrogen-bond donors (Lipinski definition) is 2. The Hall–Kier alpha value is -3.36. The highest BCUT2D eigenvalue weighted by Gasteiger charge is 2.31. The third-order valence-electron chi connectivity index (χ3n) is 5.60. The van der Waals surface area contributed by atoms with E-state index in [1.54, 1.807) is 4.90 Å². The molecule has 3 amide bonds. The van der Waals surface area contributed by atoms with Gasteiger partial charge < -0.3 is 15.1 Å². The van der Waals surface area contributed by atoms with Gasteiger partial charge >= 0.3 is 11.7 Å². The molecule has 9 nitrogen and oxygen atoms in total. The topological polar surface area (TPSA) is 108 Å². The van der Waals surface area contributed by atoms with Crippen LogP contribution in [0.3, 0.4) is 0 Å². The minimum Gasteiger partial charge on any atom is -0.341 e. The number of para-hydroxylation sites is 1. The molecule has 0 radical (unpaired) electrons. The highest BCUT2D eigenvalue weighted by atomic mass is 16.2. The number of aromatic amines is 1. The number of benzene rings is 1. The Morgan fingerprint density at radius 3 is 2.55 bits per heavy atom. The lowest BCUT2D eigenvalue weighted by molar-refractivity contribution is -0.133. The molecule has 2 aliphatic heterocycles. The van der Waals surface area contributed by atoms with E-state index in [0.29, 0.717) is 32.5 Å². The highest BCUT2D eigenvalue weighted by Crippen LogP contribution is 2.24. The number of carbonyl (C=O) groups excluding carboxylic acids is 2. The van der Waals surface area contributed by atoms with Crippen molar-refractivity contribution >= 4 is 17.6 Å². The first kappa shape index (κ1) is 19.0. The summed E-state index contributed by atoms with van der Waals surface area (Å²) < 4.78 is 1.19. The molecule has 0 saturated carbocycles. The first-order valence-corrected chi connectivity index (χ1v) is 9.74. The number of amides is 3. The van der Waals surface area contributed by atoms with Crippen molar-refractivity contribution in [3.63, 3.8) is 0 Å². The fourth-order valence-electron chi connectivity index (χ4n) is 3.98. The van der Waals surface area contributed by atoms with Crippen molar-refractivity contribution in [2.45, 2.75) is 31.8 Å². The second-order valence-corrected chi connectivity index (χ2v) is 7.38. The number of urea groups is 1. The Kier molecular flexibility index (Phi) is 5.20. The van der Waals surface area contributed by atoms with Crippen LogP contribution in [0.15, 0.2) is 46.1 Å². The smallest absolute Gasteiger partial charge is 0.328 e. The Morgan fingerprint density at radius 1 is 1.03 bits per heavy atom. The van der Waals surface area contributed by atoms with Gasteiger partial charge in [0.25, 0.3) is 5.56 Å². The van der Waals surface area contributed by atoms with Gasteiger partial charge in [-0.15, -0.1) is 0 Å². The summed E-state index contributed by atoms with van der Waals surface area (Å²) in [7, 11) is 0. The molecule has 0 atom stereocenters. The summed E-state index contributed by atoms with van der Waals surface area (Å²) in [5.41, 5.74) is 0.903. The van der Waals surface area contributed by atoms with Crippen LogP contribution >= 0.6 is 0 Å². The molecule has 152 valence electrons. The van der Waals surface area contributed by atoms with Gasteiger partial charge in [-0.1, -0.05) is 18.2 Å². The maximum atomic E-state index is 12.7. The van der Waals surface area contributed by atoms with Crippen LogP contribution in [0, 0.1) is 0 Å². The molecule has 1 aromatic carbocycles. The van der Waals surface area contributed by atoms with E-state index in [9.17, 15) is 19.2 Å². The summed E-state index contributed by atoms with van der Waals surface area (Å²) in [6.45, 7) is 1.59. The van der Waals surface area contributed by atoms with Crippen LogP contribution in [0.25, 0.3) is 0 Å². The van der Waals surface area contributed by atoms with Gasteiger partial charge in [0.1, 0.15) is 6.54 Å². The van der Waals surface area contributed by atoms with Crippen molar-refractivity contribution in [1.82, 2.24) is 19.4 Å². The molecule has 29 heavy (non-hydrogen) atoms. The Balaban J connectivity index is 1.35. The van der Waals surface area contributed by atoms with Gasteiger partial charge in [-0.05, 0) is 30.9 Å². The van der Waals surface area contributed by atoms with Crippen LogP contribution in [0.4, 0.5) is 10.5 Å². The van der Waals surface area contributed by atoms with Crippen molar-refractivity contribution in [2.24, 2.45) is 0 Å². The average molecular weight is 397 g/mol. The predicted molar refractivity (Wildman–Crippen MR) is 107 cm³/mol. The summed E-state index contributed by atoms with van der Waals surface area (Å²) in [6, 6.07) is 9.02. The average Bonchev–Trinajstić information content (AvgIpc) is 2.88. The molecular weight excluding hydrogens is 374 g/mol. The maximum absolute atomic E-state index is 12.7. The van der Waals surface area contributed by atoms with E-state index in [1.807, 2.05) is 29.2 Å². The number of nitrogens with one attached hydrogen (secondary N) is 2. The lowest BCUT2D eigenvalue weighted by atomic mass is 10.0. The van der Waals surface area contributed by atoms with E-state index < -0.39 is 11.2 Å². The number of likely N-dealkylation sites (tertiary alicyclic amines) is 1. The number of fused-ring (bicyclic) bond motifs is 1. The van der Waals surface area contributed by atoms with Crippen molar-refractivity contribution in [3.8, 4) is 0 Å². The van der Waals surface area contributed by atoms with E-state index in [1.165, 1.54) is 16.8 Å². The molecule has 1 aromatic heterocycles. The van der Waals surface area contributed by atoms with E-state index in [0.717, 1.165) is 17.7 Å². The van der Waals surface area contributed by atoms with Crippen molar-refractivity contribution in [3.05, 3.63) is 62.9 Å². The van der Waals surface area contributed by atoms with Gasteiger partial charge in [0.2, 0.25) is 5.91 Å². The van der Waals surface area contributed by atoms with Crippen LogP contribution in [0.5, 0.6) is 0 Å². The van der Waals surface area contributed by atoms with Crippen molar-refractivity contribution in [1.29, 1.82) is 0 Å². The maximum Gasteiger partial charge on any atom is 0.328 e. The molecule has 2 N–H and O–H groups in total. The van der Waals surface area contributed by atoms with Crippen molar-refractivity contribution < 1.29 is 9.59 Å². The Morgan fingerprint density at radius 2 is 1.79 bits per heavy atom. The molecule has 1 saturated heterocycles. The number of piperidine rings is 1. The monoisotopic (exact) mass is 397 g/mol. The lowest BCUT2D eigenvalue weighted by Crippen LogP contribution is -2.50. The molecule has 2 aromatic rings. The third-order valence-corrected chi connectivity index (χ3v) is 5.60. The summed E-state index contributed by atoms with van der Waals surface area (Å²) in [6.07, 6.45) is 3.50. The minimum absolute atomic E-state index is 0.0733. The zero-order valence-corrected chi connectivity index (χ0v) is 16.0. The molecule has 9 heteroatoms. The van der Waals surface area contributed by atoms with E-state index in [4.69, 9.17) is 0 Å². The molecule has 4 rings (SSSR count). The van der Waals surface area contributed by atoms with E-state index in [2.05, 4.69) is 10.3 Å². The van der Waals surface area contributed by atoms with Crippen molar-refractivity contribution in [2.75, 3.05) is 25.0 Å². The molecule has 0 unspecified atom stereocenters. The van der Waals surface area contributed by atoms with E-state index >= 15 is 0 Å². The largest absolute Gasteiger partial charge is 0.341 e. The number of carbonyl (C=O) groups is 2. The Bertz CT molecular complexity index is 1040. The number of anilines is 1. The van der Waals surface area contributed by atoms with E-state index in [-0.39, 0.29) is 24.5 Å². The molecule has 0 aliphatic carbocycles. The van der Waals surface area contributed by atoms with Crippen LogP contribution in [0.1, 0.15) is 18.4 Å². The van der Waals surface area contributed by atoms with Gasteiger partial charge in [-0.25, -0.2) is 9.59 Å². The summed E-state index contributed by atoms with van der Waals surface area (Å²) >= 11 is 0. The fraction of sp³-hybridized carbons (Fsp3) is 0.400. The fourth-order valence-corrected chi connectivity index (χ4v) is 3.98. The first-order chi connectivity index (χ1) is 14.0. The number of aromatic nitrogens is 2. The highest BCUT2D eigenvalue weighted by molar-refractivity contribution is 5.91. The van der Waals surface area contributed by atoms with Crippen LogP contribution < -0.4 is 16.6 Å². The quantitative estimate of drug-likeness (QED) is 0.791. The lowest BCUT2D eigenvalue weighted by Gasteiger charge is -2.38. The molecule has 3 heterocycles. The normalized spacial score (nSPS) is 17.4. The third kappa shape index (κ3) is 4.08. The summed E-state index contributed by atoms with van der Waals surface area (Å²) in [5, 5.41) is 2.99. The predicted octanol–water partition coefficient (Wildman–Crippen LogP) is 0.618. The molecule has 1 fully saturated rings. The van der Waals surface area contributed by atoms with Gasteiger partial charge in [-0.2, -0.15) is 0 Å². The minimum atomic E-state index is -0.596. The number of H-pyrrole nitrogens is 1. The van der Waals surface area contributed by atoms with Gasteiger partial charge in [-0.3, -0.25) is 19.1 Å². The Labute approximate surface area is 166 Å². The van der Waals surface area contributed by atoms with Gasteiger partial charge in [0.05, 0.1) is 0 Å². The number of nitrogens with zero attached hydrogens (tertiary/aromatic N) is 3.